The maximum absolute atomic E-state index is 12.1. The monoisotopic (exact) mass is 363 g/mol. The molecule has 1 aromatic carbocycles. The number of benzene rings is 1. The highest BCUT2D eigenvalue weighted by molar-refractivity contribution is 9.10. The predicted molar refractivity (Wildman–Crippen MR) is 82.0 cm³/mol. The van der Waals surface area contributed by atoms with E-state index in [0.29, 0.717) is 15.8 Å². The van der Waals surface area contributed by atoms with Gasteiger partial charge in [-0.1, -0.05) is 0 Å². The molecule has 1 rings (SSSR count). The van der Waals surface area contributed by atoms with E-state index in [1.54, 1.807) is 32.0 Å². The average Bonchev–Trinajstić information content (AvgIpc) is 2.35. The zero-order valence-electron chi connectivity index (χ0n) is 11.9. The van der Waals surface area contributed by atoms with Crippen molar-refractivity contribution in [3.8, 4) is 5.75 Å². The van der Waals surface area contributed by atoms with Crippen LogP contribution in [0.1, 0.15) is 24.2 Å². The summed E-state index contributed by atoms with van der Waals surface area (Å²) < 4.78 is 27.8. The SMILES string of the molecule is COc1ccc(Br)c(C(=O)NCC(C)(C)S(C)(=O)=O)c1. The Morgan fingerprint density at radius 1 is 1.40 bits per heavy atom. The van der Waals surface area contributed by atoms with Crippen LogP contribution in [0.4, 0.5) is 0 Å². The summed E-state index contributed by atoms with van der Waals surface area (Å²) in [6.45, 7) is 3.18. The lowest BCUT2D eigenvalue weighted by Gasteiger charge is -2.22. The van der Waals surface area contributed by atoms with Crippen LogP contribution in [0.3, 0.4) is 0 Å². The number of carbonyl (C=O) groups is 1. The lowest BCUT2D eigenvalue weighted by atomic mass is 10.1. The van der Waals surface area contributed by atoms with Gasteiger partial charge >= 0.3 is 0 Å². The molecule has 0 aliphatic rings. The van der Waals surface area contributed by atoms with E-state index in [1.807, 2.05) is 0 Å². The van der Waals surface area contributed by atoms with E-state index in [0.717, 1.165) is 6.26 Å². The van der Waals surface area contributed by atoms with Crippen LogP contribution in [-0.4, -0.2) is 39.0 Å². The first kappa shape index (κ1) is 17.0. The topological polar surface area (TPSA) is 72.5 Å². The number of methoxy groups -OCH3 is 1. The van der Waals surface area contributed by atoms with E-state index < -0.39 is 14.6 Å². The second kappa shape index (κ2) is 6.13. The molecular formula is C13H18BrNO4S. The minimum Gasteiger partial charge on any atom is -0.497 e. The van der Waals surface area contributed by atoms with Crippen LogP contribution in [0.5, 0.6) is 5.75 Å². The average molecular weight is 364 g/mol. The molecule has 0 atom stereocenters. The number of ether oxygens (including phenoxy) is 1. The van der Waals surface area contributed by atoms with Gasteiger partial charge in [-0.2, -0.15) is 0 Å². The summed E-state index contributed by atoms with van der Waals surface area (Å²) in [5.74, 6) is 0.202. The summed E-state index contributed by atoms with van der Waals surface area (Å²) in [7, 11) is -1.74. The highest BCUT2D eigenvalue weighted by Crippen LogP contribution is 2.22. The smallest absolute Gasteiger partial charge is 0.252 e. The third kappa shape index (κ3) is 3.96. The maximum atomic E-state index is 12.1. The number of halogens is 1. The molecule has 0 aliphatic carbocycles. The van der Waals surface area contributed by atoms with Crippen molar-refractivity contribution in [2.24, 2.45) is 0 Å². The van der Waals surface area contributed by atoms with Crippen LogP contribution in [0.25, 0.3) is 0 Å². The lowest BCUT2D eigenvalue weighted by Crippen LogP contribution is -2.43. The number of hydrogen-bond acceptors (Lipinski definition) is 4. The minimum absolute atomic E-state index is 0.0360. The summed E-state index contributed by atoms with van der Waals surface area (Å²) >= 11 is 3.29. The molecule has 0 fully saturated rings. The number of hydrogen-bond donors (Lipinski definition) is 1. The van der Waals surface area contributed by atoms with E-state index >= 15 is 0 Å². The van der Waals surface area contributed by atoms with Crippen molar-refractivity contribution >= 4 is 31.7 Å². The van der Waals surface area contributed by atoms with Gasteiger partial charge in [-0.15, -0.1) is 0 Å². The van der Waals surface area contributed by atoms with Gasteiger partial charge in [-0.05, 0) is 48.0 Å². The van der Waals surface area contributed by atoms with Gasteiger partial charge in [0.25, 0.3) is 5.91 Å². The normalized spacial score (nSPS) is 12.1. The number of nitrogens with one attached hydrogen (secondary N) is 1. The molecule has 0 bridgehead atoms. The van der Waals surface area contributed by atoms with Gasteiger partial charge in [0.15, 0.2) is 9.84 Å². The van der Waals surface area contributed by atoms with Crippen LogP contribution in [0.15, 0.2) is 22.7 Å². The largest absolute Gasteiger partial charge is 0.497 e. The van der Waals surface area contributed by atoms with Crippen molar-refractivity contribution in [3.05, 3.63) is 28.2 Å². The molecule has 7 heteroatoms. The second-order valence-corrected chi connectivity index (χ2v) is 8.56. The molecule has 20 heavy (non-hydrogen) atoms. The molecule has 0 spiro atoms. The van der Waals surface area contributed by atoms with E-state index in [-0.39, 0.29) is 12.5 Å². The third-order valence-corrected chi connectivity index (χ3v) is 5.94. The van der Waals surface area contributed by atoms with Gasteiger partial charge in [0, 0.05) is 17.3 Å². The fourth-order valence-electron chi connectivity index (χ4n) is 1.32. The first-order chi connectivity index (χ1) is 9.08. The van der Waals surface area contributed by atoms with Crippen molar-refractivity contribution in [2.75, 3.05) is 19.9 Å². The summed E-state index contributed by atoms with van der Waals surface area (Å²) in [6, 6.07) is 5.02. The van der Waals surface area contributed by atoms with Crippen molar-refractivity contribution in [3.63, 3.8) is 0 Å². The van der Waals surface area contributed by atoms with Gasteiger partial charge in [0.05, 0.1) is 17.4 Å². The van der Waals surface area contributed by atoms with E-state index in [2.05, 4.69) is 21.2 Å². The molecule has 1 N–H and O–H groups in total. The van der Waals surface area contributed by atoms with Crippen LogP contribution in [-0.2, 0) is 9.84 Å². The molecule has 0 aliphatic heterocycles. The van der Waals surface area contributed by atoms with Gasteiger partial charge in [-0.3, -0.25) is 4.79 Å². The first-order valence-electron chi connectivity index (χ1n) is 5.90. The highest BCUT2D eigenvalue weighted by Gasteiger charge is 2.30. The van der Waals surface area contributed by atoms with E-state index in [4.69, 9.17) is 4.74 Å². The van der Waals surface area contributed by atoms with Crippen LogP contribution in [0, 0.1) is 0 Å². The number of rotatable bonds is 5. The highest BCUT2D eigenvalue weighted by atomic mass is 79.9. The molecule has 112 valence electrons. The third-order valence-electron chi connectivity index (χ3n) is 3.10. The Labute approximate surface area is 127 Å². The van der Waals surface area contributed by atoms with Gasteiger partial charge in [0.1, 0.15) is 5.75 Å². The lowest BCUT2D eigenvalue weighted by molar-refractivity contribution is 0.0949. The zero-order chi connectivity index (χ0) is 15.6. The van der Waals surface area contributed by atoms with Gasteiger partial charge in [0.2, 0.25) is 0 Å². The van der Waals surface area contributed by atoms with Crippen molar-refractivity contribution in [2.45, 2.75) is 18.6 Å². The molecule has 0 aromatic heterocycles. The van der Waals surface area contributed by atoms with Crippen molar-refractivity contribution in [1.29, 1.82) is 0 Å². The maximum Gasteiger partial charge on any atom is 0.252 e. The van der Waals surface area contributed by atoms with Crippen molar-refractivity contribution in [1.82, 2.24) is 5.32 Å². The number of carbonyl (C=O) groups excluding carboxylic acids is 1. The molecule has 0 radical (unpaired) electrons. The quantitative estimate of drug-likeness (QED) is 0.868. The van der Waals surface area contributed by atoms with E-state index in [9.17, 15) is 13.2 Å². The van der Waals surface area contributed by atoms with E-state index in [1.165, 1.54) is 7.11 Å². The van der Waals surface area contributed by atoms with Gasteiger partial charge < -0.3 is 10.1 Å². The standard InChI is InChI=1S/C13H18BrNO4S/c1-13(2,20(4,17)18)8-15-12(16)10-7-9(19-3)5-6-11(10)14/h5-7H,8H2,1-4H3,(H,15,16). The Hall–Kier alpha value is -1.08. The molecule has 0 saturated heterocycles. The fraction of sp³-hybridized carbons (Fsp3) is 0.462. The van der Waals surface area contributed by atoms with Crippen LogP contribution in [0.2, 0.25) is 0 Å². The summed E-state index contributed by atoms with van der Waals surface area (Å²) in [6.07, 6.45) is 1.15. The predicted octanol–water partition coefficient (Wildman–Crippen LogP) is 2.01. The summed E-state index contributed by atoms with van der Waals surface area (Å²) in [5, 5.41) is 2.63. The second-order valence-electron chi connectivity index (χ2n) is 5.06. The molecular weight excluding hydrogens is 346 g/mol. The first-order valence-corrected chi connectivity index (χ1v) is 8.58. The molecule has 5 nitrogen and oxygen atoms in total. The zero-order valence-corrected chi connectivity index (χ0v) is 14.3. The molecule has 0 heterocycles. The molecule has 0 saturated carbocycles. The van der Waals surface area contributed by atoms with Gasteiger partial charge in [-0.25, -0.2) is 8.42 Å². The van der Waals surface area contributed by atoms with Crippen LogP contribution < -0.4 is 10.1 Å². The van der Waals surface area contributed by atoms with Crippen LogP contribution >= 0.6 is 15.9 Å². The summed E-state index contributed by atoms with van der Waals surface area (Å²) in [4.78, 5) is 12.1. The molecule has 1 amide bonds. The summed E-state index contributed by atoms with van der Waals surface area (Å²) in [5.41, 5.74) is 0.397. The minimum atomic E-state index is -3.25. The number of sulfone groups is 1. The Morgan fingerprint density at radius 2 is 2.00 bits per heavy atom. The van der Waals surface area contributed by atoms with Crippen molar-refractivity contribution < 1.29 is 17.9 Å². The Balaban J connectivity index is 2.88. The Bertz CT molecular complexity index is 611. The Kier molecular flexibility index (Phi) is 5.21. The molecule has 1 aromatic rings. The Morgan fingerprint density at radius 3 is 2.50 bits per heavy atom. The number of amides is 1. The fourth-order valence-corrected chi connectivity index (χ4v) is 2.09. The molecule has 0 unspecified atom stereocenters.